The average Bonchev–Trinajstić information content (AvgIpc) is 2.24. The molecule has 5 nitrogen and oxygen atoms in total. The second kappa shape index (κ2) is 4.02. The summed E-state index contributed by atoms with van der Waals surface area (Å²) in [6, 6.07) is 4.75. The molecule has 86 valence electrons. The van der Waals surface area contributed by atoms with Gasteiger partial charge in [0, 0.05) is 13.1 Å². The lowest BCUT2D eigenvalue weighted by Gasteiger charge is -2.36. The average molecular weight is 223 g/mol. The van der Waals surface area contributed by atoms with Crippen LogP contribution in [0.1, 0.15) is 10.4 Å². The summed E-state index contributed by atoms with van der Waals surface area (Å²) in [6.45, 7) is 0.630. The number of methoxy groups -OCH3 is 1. The molecule has 2 rings (SSSR count). The van der Waals surface area contributed by atoms with E-state index < -0.39 is 6.10 Å². The van der Waals surface area contributed by atoms with Gasteiger partial charge in [-0.2, -0.15) is 0 Å². The Hall–Kier alpha value is -1.75. The number of phenolic OH excluding ortho intramolecular Hbond substituents is 1. The molecule has 0 unspecified atom stereocenters. The molecule has 1 aromatic rings. The lowest BCUT2D eigenvalue weighted by atomic mass is 10.1. The molecule has 0 atom stereocenters. The third-order valence-electron chi connectivity index (χ3n) is 2.60. The number of likely N-dealkylation sites (tertiary alicyclic amines) is 1. The summed E-state index contributed by atoms with van der Waals surface area (Å²) in [7, 11) is 1.43. The summed E-state index contributed by atoms with van der Waals surface area (Å²) in [5.41, 5.74) is 0.200. The molecule has 5 heteroatoms. The molecule has 1 aliphatic heterocycles. The Morgan fingerprint density at radius 3 is 2.75 bits per heavy atom. The van der Waals surface area contributed by atoms with Crippen LogP contribution in [0.15, 0.2) is 18.2 Å². The van der Waals surface area contributed by atoms with Crippen LogP contribution in [-0.2, 0) is 0 Å². The second-order valence-corrected chi connectivity index (χ2v) is 3.72. The molecule has 1 heterocycles. The Morgan fingerprint density at radius 2 is 2.19 bits per heavy atom. The first-order chi connectivity index (χ1) is 7.63. The minimum absolute atomic E-state index is 0.156. The second-order valence-electron chi connectivity index (χ2n) is 3.72. The molecule has 1 fully saturated rings. The topological polar surface area (TPSA) is 70.0 Å². The zero-order valence-corrected chi connectivity index (χ0v) is 8.88. The Balaban J connectivity index is 2.23. The van der Waals surface area contributed by atoms with Crippen LogP contribution in [0, 0.1) is 0 Å². The van der Waals surface area contributed by atoms with Gasteiger partial charge in [-0.1, -0.05) is 6.07 Å². The van der Waals surface area contributed by atoms with Crippen molar-refractivity contribution in [3.05, 3.63) is 23.8 Å². The molecule has 0 radical (unpaired) electrons. The van der Waals surface area contributed by atoms with Crippen LogP contribution >= 0.6 is 0 Å². The van der Waals surface area contributed by atoms with Crippen LogP contribution in [0.25, 0.3) is 0 Å². The molecule has 1 aromatic carbocycles. The number of aromatic hydroxyl groups is 1. The van der Waals surface area contributed by atoms with Crippen molar-refractivity contribution in [2.75, 3.05) is 20.2 Å². The summed E-state index contributed by atoms with van der Waals surface area (Å²) in [5, 5.41) is 18.9. The molecule has 0 spiro atoms. The van der Waals surface area contributed by atoms with Crippen molar-refractivity contribution in [3.8, 4) is 11.5 Å². The van der Waals surface area contributed by atoms with Crippen LogP contribution < -0.4 is 4.74 Å². The SMILES string of the molecule is COc1cccc(C(=O)N2CC(O)C2)c1O. The van der Waals surface area contributed by atoms with E-state index in [9.17, 15) is 9.90 Å². The van der Waals surface area contributed by atoms with Gasteiger partial charge in [-0.05, 0) is 12.1 Å². The van der Waals surface area contributed by atoms with E-state index in [-0.39, 0.29) is 23.0 Å². The summed E-state index contributed by atoms with van der Waals surface area (Å²) in [5.74, 6) is -0.176. The highest BCUT2D eigenvalue weighted by Gasteiger charge is 2.31. The lowest BCUT2D eigenvalue weighted by molar-refractivity contribution is 0.00568. The molecule has 0 bridgehead atoms. The van der Waals surface area contributed by atoms with E-state index in [2.05, 4.69) is 0 Å². The molecule has 1 amide bonds. The number of ether oxygens (including phenoxy) is 1. The maximum Gasteiger partial charge on any atom is 0.257 e. The molecule has 1 aliphatic rings. The van der Waals surface area contributed by atoms with E-state index in [0.29, 0.717) is 13.1 Å². The predicted molar refractivity (Wildman–Crippen MR) is 56.6 cm³/mol. The zero-order chi connectivity index (χ0) is 11.7. The number of rotatable bonds is 2. The van der Waals surface area contributed by atoms with Crippen molar-refractivity contribution < 1.29 is 19.7 Å². The Morgan fingerprint density at radius 1 is 1.50 bits per heavy atom. The maximum atomic E-state index is 11.9. The number of carbonyl (C=O) groups is 1. The minimum atomic E-state index is -0.447. The van der Waals surface area contributed by atoms with Crippen molar-refractivity contribution >= 4 is 5.91 Å². The first-order valence-electron chi connectivity index (χ1n) is 4.96. The van der Waals surface area contributed by atoms with Crippen LogP contribution in [0.3, 0.4) is 0 Å². The third-order valence-corrected chi connectivity index (χ3v) is 2.60. The van der Waals surface area contributed by atoms with E-state index in [1.165, 1.54) is 18.1 Å². The van der Waals surface area contributed by atoms with E-state index in [1.54, 1.807) is 12.1 Å². The molecule has 2 N–H and O–H groups in total. The molecule has 0 saturated carbocycles. The van der Waals surface area contributed by atoms with Gasteiger partial charge in [0.15, 0.2) is 11.5 Å². The lowest BCUT2D eigenvalue weighted by Crippen LogP contribution is -2.53. The highest BCUT2D eigenvalue weighted by molar-refractivity contribution is 5.98. The number of amides is 1. The quantitative estimate of drug-likeness (QED) is 0.752. The predicted octanol–water partition coefficient (Wildman–Crippen LogP) is 0.217. The van der Waals surface area contributed by atoms with Crippen LogP contribution in [0.5, 0.6) is 11.5 Å². The van der Waals surface area contributed by atoms with Gasteiger partial charge in [0.1, 0.15) is 0 Å². The van der Waals surface area contributed by atoms with E-state index in [1.807, 2.05) is 0 Å². The summed E-state index contributed by atoms with van der Waals surface area (Å²) >= 11 is 0. The van der Waals surface area contributed by atoms with Crippen molar-refractivity contribution in [1.29, 1.82) is 0 Å². The van der Waals surface area contributed by atoms with E-state index in [4.69, 9.17) is 9.84 Å². The van der Waals surface area contributed by atoms with Gasteiger partial charge >= 0.3 is 0 Å². The highest BCUT2D eigenvalue weighted by Crippen LogP contribution is 2.30. The van der Waals surface area contributed by atoms with Gasteiger partial charge < -0.3 is 19.8 Å². The standard InChI is InChI=1S/C11H13NO4/c1-16-9-4-2-3-8(10(9)14)11(15)12-5-7(13)6-12/h2-4,7,13-14H,5-6H2,1H3. The highest BCUT2D eigenvalue weighted by atomic mass is 16.5. The normalized spacial score (nSPS) is 15.8. The Bertz CT molecular complexity index is 412. The van der Waals surface area contributed by atoms with E-state index in [0.717, 1.165) is 0 Å². The molecule has 1 saturated heterocycles. The number of carbonyl (C=O) groups excluding carboxylic acids is 1. The molecule has 0 aliphatic carbocycles. The fourth-order valence-electron chi connectivity index (χ4n) is 1.65. The first kappa shape index (κ1) is 10.8. The van der Waals surface area contributed by atoms with Gasteiger partial charge in [-0.3, -0.25) is 4.79 Å². The number of nitrogens with zero attached hydrogens (tertiary/aromatic N) is 1. The Kier molecular flexibility index (Phi) is 2.70. The molecular weight excluding hydrogens is 210 g/mol. The van der Waals surface area contributed by atoms with Gasteiger partial charge in [0.2, 0.25) is 0 Å². The first-order valence-corrected chi connectivity index (χ1v) is 4.96. The monoisotopic (exact) mass is 223 g/mol. The number of aliphatic hydroxyl groups is 1. The number of benzene rings is 1. The minimum Gasteiger partial charge on any atom is -0.504 e. The zero-order valence-electron chi connectivity index (χ0n) is 8.88. The summed E-state index contributed by atoms with van der Waals surface area (Å²) < 4.78 is 4.92. The van der Waals surface area contributed by atoms with Gasteiger partial charge in [-0.25, -0.2) is 0 Å². The van der Waals surface area contributed by atoms with Crippen molar-refractivity contribution in [2.24, 2.45) is 0 Å². The molecule has 16 heavy (non-hydrogen) atoms. The Labute approximate surface area is 92.9 Å². The van der Waals surface area contributed by atoms with Gasteiger partial charge in [0.05, 0.1) is 18.8 Å². The number of phenols is 1. The number of aliphatic hydroxyl groups excluding tert-OH is 1. The maximum absolute atomic E-state index is 11.9. The molecule has 0 aromatic heterocycles. The van der Waals surface area contributed by atoms with Crippen molar-refractivity contribution in [2.45, 2.75) is 6.10 Å². The smallest absolute Gasteiger partial charge is 0.257 e. The number of para-hydroxylation sites is 1. The number of hydrogen-bond acceptors (Lipinski definition) is 4. The van der Waals surface area contributed by atoms with Crippen LogP contribution in [0.4, 0.5) is 0 Å². The molecular formula is C11H13NO4. The van der Waals surface area contributed by atoms with Crippen LogP contribution in [0.2, 0.25) is 0 Å². The van der Waals surface area contributed by atoms with Crippen LogP contribution in [-0.4, -0.2) is 47.3 Å². The summed E-state index contributed by atoms with van der Waals surface area (Å²) in [6.07, 6.45) is -0.447. The van der Waals surface area contributed by atoms with E-state index >= 15 is 0 Å². The fourth-order valence-corrected chi connectivity index (χ4v) is 1.65. The number of β-amino-alcohol motifs (C(OH)–C–C–N with tert-alkyl or cyclic N) is 1. The number of hydrogen-bond donors (Lipinski definition) is 2. The van der Waals surface area contributed by atoms with Crippen molar-refractivity contribution in [3.63, 3.8) is 0 Å². The third kappa shape index (κ3) is 1.69. The van der Waals surface area contributed by atoms with Crippen molar-refractivity contribution in [1.82, 2.24) is 4.90 Å². The fraction of sp³-hybridized carbons (Fsp3) is 0.364. The van der Waals surface area contributed by atoms with Gasteiger partial charge in [0.25, 0.3) is 5.91 Å². The van der Waals surface area contributed by atoms with Gasteiger partial charge in [-0.15, -0.1) is 0 Å². The largest absolute Gasteiger partial charge is 0.504 e. The summed E-state index contributed by atoms with van der Waals surface area (Å²) in [4.78, 5) is 13.3.